The molecule has 4 rings (SSSR count). The van der Waals surface area contributed by atoms with Gasteiger partial charge in [-0.3, -0.25) is 14.8 Å². The molecule has 0 spiro atoms. The first-order chi connectivity index (χ1) is 11.6. The van der Waals surface area contributed by atoms with Gasteiger partial charge in [0.2, 0.25) is 0 Å². The molecule has 1 saturated heterocycles. The van der Waals surface area contributed by atoms with E-state index in [1.165, 1.54) is 11.8 Å². The molecule has 0 aliphatic carbocycles. The number of nitrogens with one attached hydrogen (secondary N) is 1. The van der Waals surface area contributed by atoms with Gasteiger partial charge in [-0.25, -0.2) is 0 Å². The summed E-state index contributed by atoms with van der Waals surface area (Å²) in [6, 6.07) is 3.79. The fourth-order valence-electron chi connectivity index (χ4n) is 2.37. The monoisotopic (exact) mass is 417 g/mol. The van der Waals surface area contributed by atoms with E-state index in [-0.39, 0.29) is 5.91 Å². The van der Waals surface area contributed by atoms with E-state index >= 15 is 0 Å². The molecule has 8 heteroatoms. The van der Waals surface area contributed by atoms with Crippen LogP contribution in [0.4, 0.5) is 0 Å². The van der Waals surface area contributed by atoms with Gasteiger partial charge in [0.1, 0.15) is 15.7 Å². The highest BCUT2D eigenvalue weighted by Crippen LogP contribution is 2.33. The first-order valence-electron chi connectivity index (χ1n) is 6.83. The predicted octanol–water partition coefficient (Wildman–Crippen LogP) is 4.14. The molecule has 3 aromatic heterocycles. The molecule has 3 aromatic rings. The molecule has 0 atom stereocenters. The number of carbonyl (C=O) groups excluding carboxylic acids is 1. The third-order valence-corrected chi connectivity index (χ3v) is 4.97. The summed E-state index contributed by atoms with van der Waals surface area (Å²) in [4.78, 5) is 20.7. The second-order valence-electron chi connectivity index (χ2n) is 5.00. The lowest BCUT2D eigenvalue weighted by Gasteiger charge is -2.01. The standard InChI is InChI=1S/C16H8BrN3O2S2/c17-10-1-8(4-18-6-10)12-7-19-5-9-2-11(22-14(9)12)3-13-15(21)20-16(23)24-13/h1-7H,(H,20,21,23). The van der Waals surface area contributed by atoms with Crippen LogP contribution in [0.1, 0.15) is 5.76 Å². The molecule has 1 amide bonds. The van der Waals surface area contributed by atoms with E-state index in [0.717, 1.165) is 21.0 Å². The number of halogens is 1. The van der Waals surface area contributed by atoms with Crippen LogP contribution in [0, 0.1) is 0 Å². The minimum atomic E-state index is -0.208. The predicted molar refractivity (Wildman–Crippen MR) is 101 cm³/mol. The zero-order valence-electron chi connectivity index (χ0n) is 11.9. The molecule has 1 N–H and O–H groups in total. The van der Waals surface area contributed by atoms with Crippen LogP contribution in [0.3, 0.4) is 0 Å². The Hall–Kier alpha value is -2.03. The van der Waals surface area contributed by atoms with Crippen LogP contribution in [0.5, 0.6) is 0 Å². The van der Waals surface area contributed by atoms with Gasteiger partial charge in [0, 0.05) is 51.8 Å². The molecule has 1 fully saturated rings. The van der Waals surface area contributed by atoms with Gasteiger partial charge >= 0.3 is 0 Å². The highest BCUT2D eigenvalue weighted by molar-refractivity contribution is 9.10. The molecule has 0 saturated carbocycles. The maximum atomic E-state index is 11.8. The third-order valence-electron chi connectivity index (χ3n) is 3.37. The van der Waals surface area contributed by atoms with Crippen molar-refractivity contribution >= 4 is 67.2 Å². The molecular weight excluding hydrogens is 410 g/mol. The summed E-state index contributed by atoms with van der Waals surface area (Å²) in [5.41, 5.74) is 2.43. The van der Waals surface area contributed by atoms with E-state index in [9.17, 15) is 4.79 Å². The van der Waals surface area contributed by atoms with Crippen LogP contribution in [-0.4, -0.2) is 20.2 Å². The lowest BCUT2D eigenvalue weighted by molar-refractivity contribution is -0.115. The summed E-state index contributed by atoms with van der Waals surface area (Å²) in [7, 11) is 0. The van der Waals surface area contributed by atoms with Crippen molar-refractivity contribution in [1.82, 2.24) is 15.3 Å². The van der Waals surface area contributed by atoms with Gasteiger partial charge in [0.25, 0.3) is 5.91 Å². The molecule has 1 aliphatic heterocycles. The van der Waals surface area contributed by atoms with Crippen LogP contribution >= 0.6 is 39.9 Å². The summed E-state index contributed by atoms with van der Waals surface area (Å²) in [6.45, 7) is 0. The van der Waals surface area contributed by atoms with Gasteiger partial charge in [-0.05, 0) is 28.1 Å². The molecule has 0 aromatic carbocycles. The van der Waals surface area contributed by atoms with Crippen LogP contribution in [-0.2, 0) is 4.79 Å². The van der Waals surface area contributed by atoms with Gasteiger partial charge in [-0.2, -0.15) is 0 Å². The number of amides is 1. The summed E-state index contributed by atoms with van der Waals surface area (Å²) in [5.74, 6) is 0.365. The number of thiocarbonyl (C=S) groups is 1. The van der Waals surface area contributed by atoms with Crippen molar-refractivity contribution in [2.45, 2.75) is 0 Å². The van der Waals surface area contributed by atoms with E-state index in [2.05, 4.69) is 31.2 Å². The quantitative estimate of drug-likeness (QED) is 0.499. The molecule has 1 aliphatic rings. The minimum Gasteiger partial charge on any atom is -0.456 e. The molecule has 24 heavy (non-hydrogen) atoms. The lowest BCUT2D eigenvalue weighted by Crippen LogP contribution is -2.17. The molecule has 0 radical (unpaired) electrons. The Labute approximate surface area is 154 Å². The number of carbonyl (C=O) groups is 1. The topological polar surface area (TPSA) is 68.0 Å². The average Bonchev–Trinajstić information content (AvgIpc) is 3.09. The number of thioether (sulfide) groups is 1. The van der Waals surface area contributed by atoms with E-state index in [4.69, 9.17) is 16.6 Å². The van der Waals surface area contributed by atoms with Crippen LogP contribution in [0.25, 0.3) is 28.2 Å². The van der Waals surface area contributed by atoms with E-state index in [1.54, 1.807) is 30.9 Å². The number of furan rings is 1. The zero-order chi connectivity index (χ0) is 16.7. The molecule has 0 bridgehead atoms. The SMILES string of the molecule is O=C1NC(=S)SC1=Cc1cc2cncc(-c3cncc(Br)c3)c2o1. The third kappa shape index (κ3) is 2.88. The summed E-state index contributed by atoms with van der Waals surface area (Å²) >= 11 is 9.63. The number of hydrogen-bond acceptors (Lipinski definition) is 6. The van der Waals surface area contributed by atoms with E-state index in [1.807, 2.05) is 12.1 Å². The fourth-order valence-corrected chi connectivity index (χ4v) is 3.76. The molecule has 5 nitrogen and oxygen atoms in total. The highest BCUT2D eigenvalue weighted by atomic mass is 79.9. The van der Waals surface area contributed by atoms with Gasteiger partial charge in [0.15, 0.2) is 0 Å². The molecule has 118 valence electrons. The molecule has 0 unspecified atom stereocenters. The number of aromatic nitrogens is 2. The lowest BCUT2D eigenvalue weighted by atomic mass is 10.1. The Balaban J connectivity index is 1.82. The van der Waals surface area contributed by atoms with Gasteiger partial charge < -0.3 is 9.73 Å². The maximum Gasteiger partial charge on any atom is 0.263 e. The maximum absolute atomic E-state index is 11.8. The Morgan fingerprint density at radius 3 is 2.79 bits per heavy atom. The first kappa shape index (κ1) is 15.5. The van der Waals surface area contributed by atoms with Crippen molar-refractivity contribution in [2.75, 3.05) is 0 Å². The van der Waals surface area contributed by atoms with Crippen LogP contribution in [0.15, 0.2) is 50.7 Å². The number of hydrogen-bond donors (Lipinski definition) is 1. The highest BCUT2D eigenvalue weighted by Gasteiger charge is 2.22. The summed E-state index contributed by atoms with van der Waals surface area (Å²) < 4.78 is 7.27. The smallest absolute Gasteiger partial charge is 0.263 e. The van der Waals surface area contributed by atoms with E-state index in [0.29, 0.717) is 20.6 Å². The van der Waals surface area contributed by atoms with Crippen molar-refractivity contribution in [3.63, 3.8) is 0 Å². The second kappa shape index (κ2) is 6.12. The average molecular weight is 418 g/mol. The van der Waals surface area contributed by atoms with Gasteiger partial charge in [0.05, 0.1) is 4.91 Å². The Bertz CT molecular complexity index is 1030. The minimum absolute atomic E-state index is 0.208. The largest absolute Gasteiger partial charge is 0.456 e. The first-order valence-corrected chi connectivity index (χ1v) is 8.85. The van der Waals surface area contributed by atoms with Crippen molar-refractivity contribution in [1.29, 1.82) is 0 Å². The van der Waals surface area contributed by atoms with Gasteiger partial charge in [-0.15, -0.1) is 0 Å². The zero-order valence-corrected chi connectivity index (χ0v) is 15.2. The number of nitrogens with zero attached hydrogens (tertiary/aromatic N) is 2. The molecule has 4 heterocycles. The van der Waals surface area contributed by atoms with E-state index < -0.39 is 0 Å². The van der Waals surface area contributed by atoms with Gasteiger partial charge in [-0.1, -0.05) is 24.0 Å². The fraction of sp³-hybridized carbons (Fsp3) is 0. The summed E-state index contributed by atoms with van der Waals surface area (Å²) in [6.07, 6.45) is 8.61. The van der Waals surface area contributed by atoms with Crippen molar-refractivity contribution in [3.8, 4) is 11.1 Å². The number of fused-ring (bicyclic) bond motifs is 1. The second-order valence-corrected chi connectivity index (χ2v) is 7.63. The Morgan fingerprint density at radius 2 is 2.04 bits per heavy atom. The van der Waals surface area contributed by atoms with Crippen LogP contribution in [0.2, 0.25) is 0 Å². The normalized spacial score (nSPS) is 16.1. The van der Waals surface area contributed by atoms with Crippen molar-refractivity contribution in [3.05, 3.63) is 52.1 Å². The Kier molecular flexibility index (Phi) is 3.95. The number of rotatable bonds is 2. The summed E-state index contributed by atoms with van der Waals surface area (Å²) in [5, 5.41) is 3.44. The van der Waals surface area contributed by atoms with Crippen molar-refractivity contribution < 1.29 is 9.21 Å². The number of pyridine rings is 2. The molecular formula is C16H8BrN3O2S2. The Morgan fingerprint density at radius 1 is 1.21 bits per heavy atom. The van der Waals surface area contributed by atoms with Crippen molar-refractivity contribution in [2.24, 2.45) is 0 Å². The van der Waals surface area contributed by atoms with Crippen LogP contribution < -0.4 is 5.32 Å².